The van der Waals surface area contributed by atoms with Gasteiger partial charge in [-0.25, -0.2) is 0 Å². The molecule has 0 aliphatic heterocycles. The van der Waals surface area contributed by atoms with E-state index < -0.39 is 0 Å². The van der Waals surface area contributed by atoms with E-state index >= 15 is 0 Å². The second-order valence-electron chi connectivity index (χ2n) is 12.6. The van der Waals surface area contributed by atoms with Crippen molar-refractivity contribution in [2.45, 2.75) is 164 Å². The number of ether oxygens (including phenoxy) is 1. The third-order valence-electron chi connectivity index (χ3n) is 9.00. The highest BCUT2D eigenvalue weighted by atomic mass is 32.1. The second kappa shape index (κ2) is 28.5. The van der Waals surface area contributed by atoms with Gasteiger partial charge in [0, 0.05) is 26.2 Å². The fourth-order valence-corrected chi connectivity index (χ4v) is 6.26. The summed E-state index contributed by atoms with van der Waals surface area (Å²) in [6, 6.07) is 0. The minimum absolute atomic E-state index is 0.516. The van der Waals surface area contributed by atoms with Crippen LogP contribution in [0.3, 0.4) is 0 Å². The number of thiocarbonyl (C=S) groups is 2. The van der Waals surface area contributed by atoms with E-state index in [0.29, 0.717) is 31.0 Å². The zero-order valence-corrected chi connectivity index (χ0v) is 30.5. The molecule has 3 unspecified atom stereocenters. The summed E-state index contributed by atoms with van der Waals surface area (Å²) in [7, 11) is 0. The van der Waals surface area contributed by atoms with E-state index in [1.54, 1.807) is 0 Å². The van der Waals surface area contributed by atoms with Crippen molar-refractivity contribution in [2.75, 3.05) is 39.4 Å². The lowest BCUT2D eigenvalue weighted by molar-refractivity contribution is 0.183. The van der Waals surface area contributed by atoms with Crippen molar-refractivity contribution < 1.29 is 4.74 Å². The topological polar surface area (TPSA) is 15.7 Å². The van der Waals surface area contributed by atoms with Crippen LogP contribution >= 0.6 is 24.4 Å². The maximum absolute atomic E-state index is 6.30. The SMILES string of the molecule is CCCCCCCCN(CC(CC)CCCC)C(=S)COCC(=S)N(CC(CC)CCCC)CC(CC)CCCC. The summed E-state index contributed by atoms with van der Waals surface area (Å²) in [6.07, 6.45) is 23.2. The fraction of sp³-hybridized carbons (Fsp3) is 0.944. The van der Waals surface area contributed by atoms with Crippen LogP contribution in [0, 0.1) is 17.8 Å². The van der Waals surface area contributed by atoms with Crippen LogP contribution in [0.1, 0.15) is 164 Å². The predicted octanol–water partition coefficient (Wildman–Crippen LogP) is 11.3. The minimum atomic E-state index is 0.516. The Morgan fingerprint density at radius 3 is 1.27 bits per heavy atom. The van der Waals surface area contributed by atoms with Crippen molar-refractivity contribution in [3.8, 4) is 0 Å². The van der Waals surface area contributed by atoms with E-state index in [0.717, 1.165) is 36.2 Å². The molecule has 0 amide bonds. The summed E-state index contributed by atoms with van der Waals surface area (Å²) in [5.74, 6) is 2.13. The molecule has 41 heavy (non-hydrogen) atoms. The average molecular weight is 613 g/mol. The number of hydrogen-bond acceptors (Lipinski definition) is 3. The van der Waals surface area contributed by atoms with Crippen LogP contribution in [0.2, 0.25) is 0 Å². The van der Waals surface area contributed by atoms with E-state index in [9.17, 15) is 0 Å². The van der Waals surface area contributed by atoms with Crippen molar-refractivity contribution in [3.05, 3.63) is 0 Å². The molecule has 244 valence electrons. The molecule has 0 N–H and O–H groups in total. The van der Waals surface area contributed by atoms with Gasteiger partial charge in [-0.1, -0.05) is 163 Å². The van der Waals surface area contributed by atoms with Gasteiger partial charge in [0.1, 0.15) is 9.98 Å². The zero-order chi connectivity index (χ0) is 30.7. The normalized spacial score (nSPS) is 13.6. The summed E-state index contributed by atoms with van der Waals surface area (Å²) in [6.45, 7) is 21.5. The number of rotatable bonds is 29. The van der Waals surface area contributed by atoms with Crippen molar-refractivity contribution >= 4 is 34.4 Å². The first-order valence-corrected chi connectivity index (χ1v) is 18.8. The van der Waals surface area contributed by atoms with Crippen molar-refractivity contribution in [3.63, 3.8) is 0 Å². The highest BCUT2D eigenvalue weighted by Gasteiger charge is 2.20. The molecule has 3 atom stereocenters. The van der Waals surface area contributed by atoms with E-state index in [1.807, 2.05) is 0 Å². The smallest absolute Gasteiger partial charge is 0.104 e. The lowest BCUT2D eigenvalue weighted by Gasteiger charge is -2.33. The Morgan fingerprint density at radius 1 is 0.488 bits per heavy atom. The molecular weight excluding hydrogens is 541 g/mol. The van der Waals surface area contributed by atoms with E-state index in [2.05, 4.69) is 58.3 Å². The Hall–Kier alpha value is -0.260. The molecule has 0 saturated heterocycles. The zero-order valence-electron chi connectivity index (χ0n) is 28.8. The highest BCUT2D eigenvalue weighted by molar-refractivity contribution is 7.80. The van der Waals surface area contributed by atoms with E-state index in [1.165, 1.54) is 116 Å². The van der Waals surface area contributed by atoms with Crippen LogP contribution in [0.25, 0.3) is 0 Å². The van der Waals surface area contributed by atoms with Gasteiger partial charge in [-0.05, 0) is 43.4 Å². The van der Waals surface area contributed by atoms with Gasteiger partial charge in [0.15, 0.2) is 0 Å². The number of nitrogens with zero attached hydrogens (tertiary/aromatic N) is 2. The number of hydrogen-bond donors (Lipinski definition) is 0. The van der Waals surface area contributed by atoms with Crippen LogP contribution in [0.4, 0.5) is 0 Å². The largest absolute Gasteiger partial charge is 0.367 e. The Bertz CT molecular complexity index is 596. The molecule has 0 aromatic rings. The Labute approximate surface area is 269 Å². The van der Waals surface area contributed by atoms with Gasteiger partial charge in [-0.2, -0.15) is 0 Å². The van der Waals surface area contributed by atoms with Crippen molar-refractivity contribution in [1.29, 1.82) is 0 Å². The molecule has 0 aromatic carbocycles. The lowest BCUT2D eigenvalue weighted by atomic mass is 9.95. The van der Waals surface area contributed by atoms with Gasteiger partial charge in [-0.15, -0.1) is 0 Å². The number of unbranched alkanes of at least 4 members (excludes halogenated alkanes) is 8. The summed E-state index contributed by atoms with van der Waals surface area (Å²) >= 11 is 12.1. The standard InChI is InChI=1S/C36H72N2OS2/c1-8-15-19-20-21-22-26-37(27-32(12-5)23-16-9-2)35(40)30-39-31-36(41)38(28-33(13-6)24-17-10-3)29-34(14-7)25-18-11-4/h32-34H,8-31H2,1-7H3. The van der Waals surface area contributed by atoms with Crippen LogP contribution in [-0.2, 0) is 4.74 Å². The summed E-state index contributed by atoms with van der Waals surface area (Å²) in [5.41, 5.74) is 0. The maximum Gasteiger partial charge on any atom is 0.104 e. The van der Waals surface area contributed by atoms with Gasteiger partial charge < -0.3 is 14.5 Å². The average Bonchev–Trinajstić information content (AvgIpc) is 2.98. The molecule has 0 spiro atoms. The molecule has 5 heteroatoms. The molecule has 0 bridgehead atoms. The van der Waals surface area contributed by atoms with Crippen molar-refractivity contribution in [2.24, 2.45) is 17.8 Å². The molecule has 3 nitrogen and oxygen atoms in total. The first-order valence-electron chi connectivity index (χ1n) is 18.0. The fourth-order valence-electron chi connectivity index (χ4n) is 5.77. The predicted molar refractivity (Wildman–Crippen MR) is 192 cm³/mol. The molecule has 0 fully saturated rings. The molecule has 0 aliphatic rings. The third kappa shape index (κ3) is 21.1. The van der Waals surface area contributed by atoms with E-state index in [-0.39, 0.29) is 0 Å². The van der Waals surface area contributed by atoms with Gasteiger partial charge in [0.2, 0.25) is 0 Å². The Morgan fingerprint density at radius 2 is 0.854 bits per heavy atom. The lowest BCUT2D eigenvalue weighted by Crippen LogP contribution is -2.41. The quantitative estimate of drug-likeness (QED) is 0.0615. The van der Waals surface area contributed by atoms with Crippen molar-refractivity contribution in [1.82, 2.24) is 9.80 Å². The summed E-state index contributed by atoms with van der Waals surface area (Å²) in [5, 5.41) is 0. The van der Waals surface area contributed by atoms with E-state index in [4.69, 9.17) is 29.2 Å². The first-order chi connectivity index (χ1) is 19.9. The first kappa shape index (κ1) is 40.7. The highest BCUT2D eigenvalue weighted by Crippen LogP contribution is 2.20. The monoisotopic (exact) mass is 613 g/mol. The van der Waals surface area contributed by atoms with Gasteiger partial charge in [-0.3, -0.25) is 0 Å². The van der Waals surface area contributed by atoms with Gasteiger partial charge in [0.25, 0.3) is 0 Å². The van der Waals surface area contributed by atoms with Crippen LogP contribution in [-0.4, -0.2) is 59.2 Å². The summed E-state index contributed by atoms with van der Waals surface area (Å²) in [4.78, 5) is 6.95. The Balaban J connectivity index is 5.21. The Kier molecular flexibility index (Phi) is 28.3. The minimum Gasteiger partial charge on any atom is -0.367 e. The van der Waals surface area contributed by atoms with Gasteiger partial charge >= 0.3 is 0 Å². The molecule has 0 saturated carbocycles. The molecular formula is C36H72N2OS2. The molecule has 0 aliphatic carbocycles. The van der Waals surface area contributed by atoms with Crippen LogP contribution in [0.5, 0.6) is 0 Å². The van der Waals surface area contributed by atoms with Gasteiger partial charge in [0.05, 0.1) is 13.2 Å². The molecule has 0 heterocycles. The van der Waals surface area contributed by atoms with Crippen LogP contribution < -0.4 is 0 Å². The molecule has 0 rings (SSSR count). The summed E-state index contributed by atoms with van der Waals surface area (Å²) < 4.78 is 6.30. The molecule has 0 radical (unpaired) electrons. The van der Waals surface area contributed by atoms with Crippen LogP contribution in [0.15, 0.2) is 0 Å². The molecule has 0 aromatic heterocycles. The second-order valence-corrected chi connectivity index (χ2v) is 13.6. The maximum atomic E-state index is 6.30. The third-order valence-corrected chi connectivity index (χ3v) is 9.76.